The third-order valence-corrected chi connectivity index (χ3v) is 3.96. The van der Waals surface area contributed by atoms with Gasteiger partial charge in [0.05, 0.1) is 23.5 Å². The van der Waals surface area contributed by atoms with Gasteiger partial charge in [-0.05, 0) is 37.6 Å². The predicted octanol–water partition coefficient (Wildman–Crippen LogP) is 3.43. The summed E-state index contributed by atoms with van der Waals surface area (Å²) in [6.45, 7) is 3.99. The molecule has 3 aromatic rings. The van der Waals surface area contributed by atoms with E-state index in [1.807, 2.05) is 50.4 Å². The van der Waals surface area contributed by atoms with Gasteiger partial charge in [0.25, 0.3) is 0 Å². The van der Waals surface area contributed by atoms with Crippen LogP contribution in [0.2, 0.25) is 0 Å². The van der Waals surface area contributed by atoms with Crippen molar-refractivity contribution < 1.29 is 0 Å². The van der Waals surface area contributed by atoms with Crippen LogP contribution in [0.4, 0.5) is 0 Å². The molecule has 0 amide bonds. The first-order valence-corrected chi connectivity index (χ1v) is 7.63. The van der Waals surface area contributed by atoms with Gasteiger partial charge in [-0.1, -0.05) is 12.1 Å². The summed E-state index contributed by atoms with van der Waals surface area (Å²) in [7, 11) is 1.76. The first-order valence-electron chi connectivity index (χ1n) is 7.63. The Kier molecular flexibility index (Phi) is 4.21. The maximum atomic E-state index is 9.20. The van der Waals surface area contributed by atoms with Crippen molar-refractivity contribution in [2.45, 2.75) is 13.8 Å². The third kappa shape index (κ3) is 2.59. The summed E-state index contributed by atoms with van der Waals surface area (Å²) in [5, 5.41) is 13.6. The molecule has 3 rings (SSSR count). The van der Waals surface area contributed by atoms with Crippen molar-refractivity contribution in [2.75, 3.05) is 7.05 Å². The van der Waals surface area contributed by atoms with Crippen molar-refractivity contribution in [1.29, 1.82) is 5.26 Å². The molecule has 0 bridgehead atoms. The highest BCUT2D eigenvalue weighted by molar-refractivity contribution is 6.33. The van der Waals surface area contributed by atoms with Crippen LogP contribution in [0.15, 0.2) is 53.9 Å². The molecule has 1 aromatic carbocycles. The second kappa shape index (κ2) is 6.47. The van der Waals surface area contributed by atoms with E-state index in [1.54, 1.807) is 24.0 Å². The van der Waals surface area contributed by atoms with Crippen molar-refractivity contribution in [1.82, 2.24) is 14.6 Å². The Balaban J connectivity index is 2.19. The Labute approximate surface area is 140 Å². The lowest BCUT2D eigenvalue weighted by Crippen LogP contribution is -2.07. The number of aliphatic imine (C=N–C) groups is 1. The molecule has 0 N–H and O–H groups in total. The maximum Gasteiger partial charge on any atom is 0.162 e. The van der Waals surface area contributed by atoms with Crippen molar-refractivity contribution in [3.8, 4) is 6.07 Å². The third-order valence-electron chi connectivity index (χ3n) is 3.96. The molecule has 0 saturated carbocycles. The minimum atomic E-state index is 0.616. The van der Waals surface area contributed by atoms with Gasteiger partial charge in [-0.2, -0.15) is 10.4 Å². The number of aryl methyl sites for hydroxylation is 1. The van der Waals surface area contributed by atoms with Gasteiger partial charge in [-0.15, -0.1) is 0 Å². The van der Waals surface area contributed by atoms with E-state index in [1.165, 1.54) is 0 Å². The van der Waals surface area contributed by atoms with Crippen molar-refractivity contribution in [3.63, 3.8) is 0 Å². The minimum Gasteiger partial charge on any atom is -0.287 e. The number of nitriles is 1. The summed E-state index contributed by atoms with van der Waals surface area (Å²) in [4.78, 5) is 8.93. The number of benzene rings is 1. The van der Waals surface area contributed by atoms with Gasteiger partial charge in [0.2, 0.25) is 0 Å². The number of hydrogen-bond donors (Lipinski definition) is 0. The predicted molar refractivity (Wildman–Crippen MR) is 95.0 cm³/mol. The lowest BCUT2D eigenvalue weighted by atomic mass is 9.93. The van der Waals surface area contributed by atoms with Gasteiger partial charge in [-0.3, -0.25) is 4.99 Å². The van der Waals surface area contributed by atoms with E-state index in [0.29, 0.717) is 5.56 Å². The van der Waals surface area contributed by atoms with Crippen LogP contribution in [-0.4, -0.2) is 27.4 Å². The van der Waals surface area contributed by atoms with E-state index in [4.69, 9.17) is 0 Å². The normalized spacial score (nSPS) is 12.4. The zero-order valence-electron chi connectivity index (χ0n) is 13.9. The van der Waals surface area contributed by atoms with Crippen LogP contribution < -0.4 is 0 Å². The van der Waals surface area contributed by atoms with Gasteiger partial charge < -0.3 is 0 Å². The van der Waals surface area contributed by atoms with E-state index < -0.39 is 0 Å². The SMILES string of the molecule is C/C=C(\C(=N/C)c1cc(C#N)ccc1C)c1cnn2cccnc12. The van der Waals surface area contributed by atoms with Gasteiger partial charge in [0.15, 0.2) is 5.65 Å². The molecule has 5 heteroatoms. The lowest BCUT2D eigenvalue weighted by molar-refractivity contribution is 0.939. The summed E-state index contributed by atoms with van der Waals surface area (Å²) in [5.41, 5.74) is 6.10. The van der Waals surface area contributed by atoms with E-state index in [0.717, 1.165) is 33.6 Å². The summed E-state index contributed by atoms with van der Waals surface area (Å²) < 4.78 is 1.74. The number of aromatic nitrogens is 3. The zero-order chi connectivity index (χ0) is 17.1. The van der Waals surface area contributed by atoms with Crippen LogP contribution in [0.3, 0.4) is 0 Å². The van der Waals surface area contributed by atoms with E-state index >= 15 is 0 Å². The molecule has 118 valence electrons. The molecule has 0 unspecified atom stereocenters. The zero-order valence-corrected chi connectivity index (χ0v) is 13.9. The largest absolute Gasteiger partial charge is 0.287 e. The topological polar surface area (TPSA) is 66.3 Å². The van der Waals surface area contributed by atoms with Gasteiger partial charge in [-0.25, -0.2) is 9.50 Å². The maximum absolute atomic E-state index is 9.20. The van der Waals surface area contributed by atoms with E-state index in [-0.39, 0.29) is 0 Å². The molecule has 5 nitrogen and oxygen atoms in total. The summed E-state index contributed by atoms with van der Waals surface area (Å²) in [6.07, 6.45) is 7.42. The number of nitrogens with zero attached hydrogens (tertiary/aromatic N) is 5. The first-order chi connectivity index (χ1) is 11.7. The Morgan fingerprint density at radius 1 is 1.33 bits per heavy atom. The van der Waals surface area contributed by atoms with Crippen molar-refractivity contribution in [2.24, 2.45) is 4.99 Å². The fourth-order valence-corrected chi connectivity index (χ4v) is 2.77. The molecule has 0 aliphatic heterocycles. The average molecular weight is 315 g/mol. The highest BCUT2D eigenvalue weighted by Gasteiger charge is 2.18. The summed E-state index contributed by atoms with van der Waals surface area (Å²) >= 11 is 0. The first kappa shape index (κ1) is 15.6. The number of fused-ring (bicyclic) bond motifs is 1. The quantitative estimate of drug-likeness (QED) is 0.695. The summed E-state index contributed by atoms with van der Waals surface area (Å²) in [6, 6.07) is 9.67. The summed E-state index contributed by atoms with van der Waals surface area (Å²) in [5.74, 6) is 0. The highest BCUT2D eigenvalue weighted by atomic mass is 15.2. The molecule has 0 aliphatic rings. The van der Waals surface area contributed by atoms with Crippen LogP contribution in [0.25, 0.3) is 11.2 Å². The Morgan fingerprint density at radius 3 is 2.88 bits per heavy atom. The van der Waals surface area contributed by atoms with Crippen molar-refractivity contribution in [3.05, 3.63) is 71.2 Å². The lowest BCUT2D eigenvalue weighted by Gasteiger charge is -2.12. The molecule has 0 radical (unpaired) electrons. The Morgan fingerprint density at radius 2 is 2.17 bits per heavy atom. The molecule has 24 heavy (non-hydrogen) atoms. The number of hydrogen-bond acceptors (Lipinski definition) is 4. The molecular formula is C19H17N5. The van der Waals surface area contributed by atoms with Crippen molar-refractivity contribution >= 4 is 16.9 Å². The molecule has 0 spiro atoms. The van der Waals surface area contributed by atoms with Crippen LogP contribution in [0.5, 0.6) is 0 Å². The monoisotopic (exact) mass is 315 g/mol. The second-order valence-corrected chi connectivity index (χ2v) is 5.36. The molecule has 0 aliphatic carbocycles. The minimum absolute atomic E-state index is 0.616. The molecule has 0 atom stereocenters. The molecule has 2 aromatic heterocycles. The highest BCUT2D eigenvalue weighted by Crippen LogP contribution is 2.25. The average Bonchev–Trinajstić information content (AvgIpc) is 3.04. The van der Waals surface area contributed by atoms with Gasteiger partial charge >= 0.3 is 0 Å². The molecule has 0 saturated heterocycles. The number of allylic oxidation sites excluding steroid dienone is 2. The fourth-order valence-electron chi connectivity index (χ4n) is 2.77. The van der Waals surface area contributed by atoms with Gasteiger partial charge in [0.1, 0.15) is 0 Å². The molecule has 2 heterocycles. The Hall–Kier alpha value is -3.26. The molecular weight excluding hydrogens is 298 g/mol. The van der Waals surface area contributed by atoms with E-state index in [2.05, 4.69) is 21.1 Å². The number of rotatable bonds is 3. The van der Waals surface area contributed by atoms with Crippen LogP contribution in [0.1, 0.15) is 29.2 Å². The second-order valence-electron chi connectivity index (χ2n) is 5.36. The fraction of sp³-hybridized carbons (Fsp3) is 0.158. The smallest absolute Gasteiger partial charge is 0.162 e. The Bertz CT molecular complexity index is 1000. The van der Waals surface area contributed by atoms with Crippen LogP contribution in [-0.2, 0) is 0 Å². The van der Waals surface area contributed by atoms with Gasteiger partial charge in [0, 0.05) is 36.1 Å². The van der Waals surface area contributed by atoms with Crippen LogP contribution in [0, 0.1) is 18.3 Å². The van der Waals surface area contributed by atoms with E-state index in [9.17, 15) is 5.26 Å². The molecule has 0 fully saturated rings. The standard InChI is InChI=1S/C19H17N5/c1-4-15(17-12-23-24-9-5-8-22-19(17)24)18(21-3)16-10-14(11-20)7-6-13(16)2/h4-10,12H,1-3H3/b15-4-,21-18+. The van der Waals surface area contributed by atoms with Crippen LogP contribution >= 0.6 is 0 Å².